The lowest BCUT2D eigenvalue weighted by Gasteiger charge is -2.09. The van der Waals surface area contributed by atoms with Crippen LogP contribution in [0.15, 0.2) is 24.3 Å². The van der Waals surface area contributed by atoms with E-state index in [-0.39, 0.29) is 30.5 Å². The molecule has 0 saturated heterocycles. The zero-order chi connectivity index (χ0) is 13.5. The number of carbonyl (C=O) groups excluding carboxylic acids is 2. The molecule has 0 fully saturated rings. The number of benzene rings is 1. The Kier molecular flexibility index (Phi) is 6.02. The van der Waals surface area contributed by atoms with Crippen molar-refractivity contribution in [2.75, 3.05) is 6.61 Å². The Morgan fingerprint density at radius 1 is 1.33 bits per heavy atom. The average Bonchev–Trinajstić information content (AvgIpc) is 2.30. The molecule has 0 bridgehead atoms. The van der Waals surface area contributed by atoms with Crippen molar-refractivity contribution >= 4 is 23.2 Å². The molecule has 0 saturated carbocycles. The highest BCUT2D eigenvalue weighted by atomic mass is 35.5. The van der Waals surface area contributed by atoms with Crippen molar-refractivity contribution in [1.82, 2.24) is 0 Å². The first-order valence-corrected chi connectivity index (χ1v) is 6.21. The van der Waals surface area contributed by atoms with E-state index in [1.165, 1.54) is 6.92 Å². The molecule has 0 aliphatic rings. The lowest BCUT2D eigenvalue weighted by atomic mass is 10.0. The van der Waals surface area contributed by atoms with Crippen LogP contribution in [-0.2, 0) is 20.9 Å². The fraction of sp³-hybridized carbons (Fsp3) is 0.429. The van der Waals surface area contributed by atoms with Crippen LogP contribution in [0.1, 0.15) is 25.8 Å². The molecule has 1 aromatic rings. The number of hydrogen-bond donors (Lipinski definition) is 0. The van der Waals surface area contributed by atoms with E-state index in [0.29, 0.717) is 11.6 Å². The highest BCUT2D eigenvalue weighted by Crippen LogP contribution is 2.15. The van der Waals surface area contributed by atoms with Crippen molar-refractivity contribution in [2.24, 2.45) is 5.92 Å². The van der Waals surface area contributed by atoms with E-state index < -0.39 is 0 Å². The molecule has 0 aromatic heterocycles. The smallest absolute Gasteiger partial charge is 0.161 e. The summed E-state index contributed by atoms with van der Waals surface area (Å²) in [7, 11) is 0. The van der Waals surface area contributed by atoms with Crippen LogP contribution in [0.4, 0.5) is 0 Å². The number of Topliss-reactive ketones (excluding diaryl/α,β-unsaturated/α-hetero) is 2. The summed E-state index contributed by atoms with van der Waals surface area (Å²) in [6, 6.07) is 7.34. The van der Waals surface area contributed by atoms with Crippen LogP contribution in [0, 0.1) is 5.92 Å². The third-order valence-corrected chi connectivity index (χ3v) is 2.97. The minimum Gasteiger partial charge on any atom is -0.369 e. The molecule has 1 aromatic carbocycles. The molecule has 0 spiro atoms. The third-order valence-electron chi connectivity index (χ3n) is 2.60. The molecule has 0 aliphatic carbocycles. The molecular formula is C14H17ClO3. The van der Waals surface area contributed by atoms with E-state index in [0.717, 1.165) is 5.56 Å². The van der Waals surface area contributed by atoms with Crippen molar-refractivity contribution in [2.45, 2.75) is 26.9 Å². The number of carbonyl (C=O) groups is 2. The molecule has 0 radical (unpaired) electrons. The maximum Gasteiger partial charge on any atom is 0.161 e. The minimum atomic E-state index is -0.284. The number of rotatable bonds is 7. The minimum absolute atomic E-state index is 0.0136. The fourth-order valence-electron chi connectivity index (χ4n) is 1.56. The molecular weight excluding hydrogens is 252 g/mol. The van der Waals surface area contributed by atoms with E-state index >= 15 is 0 Å². The summed E-state index contributed by atoms with van der Waals surface area (Å²) in [5, 5.41) is 0.627. The van der Waals surface area contributed by atoms with E-state index in [4.69, 9.17) is 16.3 Å². The molecule has 0 N–H and O–H groups in total. The standard InChI is InChI=1S/C14H17ClO3/c1-10(7-11(2)16)14(17)9-18-8-12-5-3-4-6-13(12)15/h3-6,10H,7-9H2,1-2H3. The van der Waals surface area contributed by atoms with Gasteiger partial charge in [-0.3, -0.25) is 4.79 Å². The molecule has 18 heavy (non-hydrogen) atoms. The Balaban J connectivity index is 2.36. The molecule has 0 aliphatic heterocycles. The normalized spacial score (nSPS) is 12.2. The van der Waals surface area contributed by atoms with Crippen LogP contribution in [0.3, 0.4) is 0 Å². The fourth-order valence-corrected chi connectivity index (χ4v) is 1.75. The van der Waals surface area contributed by atoms with Gasteiger partial charge < -0.3 is 9.53 Å². The average molecular weight is 269 g/mol. The summed E-state index contributed by atoms with van der Waals surface area (Å²) < 4.78 is 5.32. The van der Waals surface area contributed by atoms with Gasteiger partial charge in [-0.25, -0.2) is 0 Å². The summed E-state index contributed by atoms with van der Waals surface area (Å²) in [5.74, 6) is -0.326. The van der Waals surface area contributed by atoms with Crippen LogP contribution in [0.5, 0.6) is 0 Å². The quantitative estimate of drug-likeness (QED) is 0.763. The van der Waals surface area contributed by atoms with E-state index in [9.17, 15) is 9.59 Å². The van der Waals surface area contributed by atoms with Gasteiger partial charge >= 0.3 is 0 Å². The van der Waals surface area contributed by atoms with E-state index in [1.54, 1.807) is 13.0 Å². The van der Waals surface area contributed by atoms with Crippen LogP contribution < -0.4 is 0 Å². The van der Waals surface area contributed by atoms with Crippen molar-refractivity contribution in [3.63, 3.8) is 0 Å². The summed E-state index contributed by atoms with van der Waals surface area (Å²) in [6.45, 7) is 3.54. The first-order chi connectivity index (χ1) is 8.50. The van der Waals surface area contributed by atoms with Gasteiger partial charge in [-0.15, -0.1) is 0 Å². The van der Waals surface area contributed by atoms with Gasteiger partial charge in [0.05, 0.1) is 6.61 Å². The summed E-state index contributed by atoms with van der Waals surface area (Å²) in [5.41, 5.74) is 0.853. The Morgan fingerprint density at radius 2 is 2.00 bits per heavy atom. The first-order valence-electron chi connectivity index (χ1n) is 5.84. The highest BCUT2D eigenvalue weighted by molar-refractivity contribution is 6.31. The van der Waals surface area contributed by atoms with Crippen LogP contribution in [0.25, 0.3) is 0 Å². The van der Waals surface area contributed by atoms with Crippen molar-refractivity contribution in [3.05, 3.63) is 34.9 Å². The Bertz CT molecular complexity index is 429. The SMILES string of the molecule is CC(=O)CC(C)C(=O)COCc1ccccc1Cl. The molecule has 0 amide bonds. The topological polar surface area (TPSA) is 43.4 Å². The van der Waals surface area contributed by atoms with Gasteiger partial charge in [0, 0.05) is 17.4 Å². The Morgan fingerprint density at radius 3 is 2.61 bits per heavy atom. The zero-order valence-electron chi connectivity index (χ0n) is 10.6. The predicted octanol–water partition coefficient (Wildman–Crippen LogP) is 3.04. The van der Waals surface area contributed by atoms with Gasteiger partial charge in [0.2, 0.25) is 0 Å². The molecule has 4 heteroatoms. The first kappa shape index (κ1) is 14.9. The second-order valence-electron chi connectivity index (χ2n) is 4.36. The highest BCUT2D eigenvalue weighted by Gasteiger charge is 2.14. The third kappa shape index (κ3) is 4.98. The van der Waals surface area contributed by atoms with Crippen molar-refractivity contribution in [3.8, 4) is 0 Å². The molecule has 3 nitrogen and oxygen atoms in total. The van der Waals surface area contributed by atoms with Gasteiger partial charge in [0.25, 0.3) is 0 Å². The zero-order valence-corrected chi connectivity index (χ0v) is 11.4. The van der Waals surface area contributed by atoms with E-state index in [1.807, 2.05) is 18.2 Å². The lowest BCUT2D eigenvalue weighted by molar-refractivity contribution is -0.130. The van der Waals surface area contributed by atoms with Gasteiger partial charge in [0.15, 0.2) is 5.78 Å². The number of halogens is 1. The second kappa shape index (κ2) is 7.29. The van der Waals surface area contributed by atoms with Crippen LogP contribution in [0.2, 0.25) is 5.02 Å². The predicted molar refractivity (Wildman–Crippen MR) is 70.6 cm³/mol. The second-order valence-corrected chi connectivity index (χ2v) is 4.76. The Labute approximate surface area is 112 Å². The molecule has 0 heterocycles. The largest absolute Gasteiger partial charge is 0.369 e. The van der Waals surface area contributed by atoms with Crippen LogP contribution >= 0.6 is 11.6 Å². The van der Waals surface area contributed by atoms with E-state index in [2.05, 4.69) is 0 Å². The molecule has 1 unspecified atom stereocenters. The summed E-state index contributed by atoms with van der Waals surface area (Å²) in [4.78, 5) is 22.5. The monoisotopic (exact) mass is 268 g/mol. The molecule has 1 rings (SSSR count). The van der Waals surface area contributed by atoms with Gasteiger partial charge in [0.1, 0.15) is 12.4 Å². The molecule has 1 atom stereocenters. The van der Waals surface area contributed by atoms with Gasteiger partial charge in [-0.05, 0) is 18.6 Å². The number of ether oxygens (including phenoxy) is 1. The summed E-state index contributed by atoms with van der Waals surface area (Å²) in [6.07, 6.45) is 0.272. The van der Waals surface area contributed by atoms with Crippen molar-refractivity contribution in [1.29, 1.82) is 0 Å². The van der Waals surface area contributed by atoms with Crippen molar-refractivity contribution < 1.29 is 14.3 Å². The number of hydrogen-bond acceptors (Lipinski definition) is 3. The van der Waals surface area contributed by atoms with Crippen LogP contribution in [-0.4, -0.2) is 18.2 Å². The molecule has 98 valence electrons. The number of ketones is 2. The van der Waals surface area contributed by atoms with Gasteiger partial charge in [-0.1, -0.05) is 36.7 Å². The van der Waals surface area contributed by atoms with Gasteiger partial charge in [-0.2, -0.15) is 0 Å². The maximum atomic E-state index is 11.6. The Hall–Kier alpha value is -1.19. The lowest BCUT2D eigenvalue weighted by Crippen LogP contribution is -2.19. The summed E-state index contributed by atoms with van der Waals surface area (Å²) >= 11 is 5.96. The maximum absolute atomic E-state index is 11.6.